The van der Waals surface area contributed by atoms with Crippen LogP contribution in [0.3, 0.4) is 0 Å². The van der Waals surface area contributed by atoms with Crippen molar-refractivity contribution >= 4 is 5.97 Å². The summed E-state index contributed by atoms with van der Waals surface area (Å²) in [6, 6.07) is 0.0972. The van der Waals surface area contributed by atoms with E-state index in [9.17, 15) is 4.79 Å². The lowest BCUT2D eigenvalue weighted by Gasteiger charge is -2.23. The summed E-state index contributed by atoms with van der Waals surface area (Å²) >= 11 is 0. The van der Waals surface area contributed by atoms with Crippen LogP contribution in [-0.2, 0) is 4.74 Å². The molecule has 0 aromatic carbocycles. The van der Waals surface area contributed by atoms with E-state index in [0.717, 1.165) is 25.8 Å². The van der Waals surface area contributed by atoms with Crippen LogP contribution in [0.5, 0.6) is 0 Å². The second-order valence-corrected chi connectivity index (χ2v) is 5.56. The SMILES string of the molecule is CC(C)(C)OC(=O)c1n[nH]nc1C1CCCCN1. The van der Waals surface area contributed by atoms with Gasteiger partial charge in [-0.1, -0.05) is 6.42 Å². The Morgan fingerprint density at radius 3 is 2.72 bits per heavy atom. The molecular formula is C12H20N4O2. The van der Waals surface area contributed by atoms with Gasteiger partial charge < -0.3 is 10.1 Å². The van der Waals surface area contributed by atoms with Crippen molar-refractivity contribution in [1.29, 1.82) is 0 Å². The highest BCUT2D eigenvalue weighted by atomic mass is 16.6. The van der Waals surface area contributed by atoms with Gasteiger partial charge in [-0.3, -0.25) is 0 Å². The van der Waals surface area contributed by atoms with E-state index in [4.69, 9.17) is 4.74 Å². The average molecular weight is 252 g/mol. The lowest BCUT2D eigenvalue weighted by molar-refractivity contribution is 0.00605. The predicted octanol–water partition coefficient (Wildman–Crippen LogP) is 1.57. The maximum Gasteiger partial charge on any atom is 0.361 e. The van der Waals surface area contributed by atoms with Crippen molar-refractivity contribution in [1.82, 2.24) is 20.7 Å². The number of hydrogen-bond acceptors (Lipinski definition) is 5. The number of esters is 1. The number of aromatic amines is 1. The van der Waals surface area contributed by atoms with E-state index < -0.39 is 11.6 Å². The van der Waals surface area contributed by atoms with E-state index in [1.165, 1.54) is 0 Å². The summed E-state index contributed by atoms with van der Waals surface area (Å²) in [5.41, 5.74) is 0.445. The molecule has 1 atom stereocenters. The molecule has 0 saturated carbocycles. The number of hydrogen-bond donors (Lipinski definition) is 2. The van der Waals surface area contributed by atoms with Crippen LogP contribution < -0.4 is 5.32 Å². The first-order valence-electron chi connectivity index (χ1n) is 6.35. The number of carbonyl (C=O) groups excluding carboxylic acids is 1. The molecule has 2 rings (SSSR count). The highest BCUT2D eigenvalue weighted by Crippen LogP contribution is 2.24. The van der Waals surface area contributed by atoms with Crippen LogP contribution in [0, 0.1) is 0 Å². The van der Waals surface area contributed by atoms with Crippen molar-refractivity contribution in [3.05, 3.63) is 11.4 Å². The quantitative estimate of drug-likeness (QED) is 0.781. The number of H-pyrrole nitrogens is 1. The minimum Gasteiger partial charge on any atom is -0.455 e. The van der Waals surface area contributed by atoms with Crippen molar-refractivity contribution in [2.45, 2.75) is 51.7 Å². The summed E-state index contributed by atoms with van der Waals surface area (Å²) in [5.74, 6) is -0.418. The van der Waals surface area contributed by atoms with E-state index in [1.807, 2.05) is 20.8 Å². The zero-order valence-corrected chi connectivity index (χ0v) is 11.1. The molecule has 6 heteroatoms. The number of aromatic nitrogens is 3. The third kappa shape index (κ3) is 3.07. The smallest absolute Gasteiger partial charge is 0.361 e. The lowest BCUT2D eigenvalue weighted by atomic mass is 10.0. The Morgan fingerprint density at radius 1 is 1.33 bits per heavy atom. The standard InChI is InChI=1S/C12H20N4O2/c1-12(2,3)18-11(17)10-9(14-16-15-10)8-6-4-5-7-13-8/h8,13H,4-7H2,1-3H3,(H,14,15,16). The van der Waals surface area contributed by atoms with Gasteiger partial charge in [0.25, 0.3) is 0 Å². The minimum atomic E-state index is -0.521. The highest BCUT2D eigenvalue weighted by molar-refractivity contribution is 5.88. The molecule has 2 N–H and O–H groups in total. The molecule has 1 aliphatic rings. The highest BCUT2D eigenvalue weighted by Gasteiger charge is 2.28. The van der Waals surface area contributed by atoms with E-state index in [2.05, 4.69) is 20.7 Å². The minimum absolute atomic E-state index is 0.0972. The van der Waals surface area contributed by atoms with Gasteiger partial charge >= 0.3 is 5.97 Å². The fraction of sp³-hybridized carbons (Fsp3) is 0.750. The van der Waals surface area contributed by atoms with Gasteiger partial charge in [-0.05, 0) is 40.2 Å². The summed E-state index contributed by atoms with van der Waals surface area (Å²) in [7, 11) is 0. The Bertz CT molecular complexity index is 416. The molecule has 100 valence electrons. The molecule has 6 nitrogen and oxygen atoms in total. The first-order chi connectivity index (χ1) is 8.47. The number of nitrogens with one attached hydrogen (secondary N) is 2. The van der Waals surface area contributed by atoms with Gasteiger partial charge in [0, 0.05) is 0 Å². The van der Waals surface area contributed by atoms with Gasteiger partial charge in [0.15, 0.2) is 5.69 Å². The van der Waals surface area contributed by atoms with Crippen LogP contribution in [0.2, 0.25) is 0 Å². The Kier molecular flexibility index (Phi) is 3.65. The molecule has 0 aliphatic carbocycles. The molecule has 1 unspecified atom stereocenters. The largest absolute Gasteiger partial charge is 0.455 e. The summed E-state index contributed by atoms with van der Waals surface area (Å²) in [5, 5.41) is 13.9. The number of piperidine rings is 1. The van der Waals surface area contributed by atoms with Gasteiger partial charge in [0.1, 0.15) is 11.3 Å². The molecule has 1 fully saturated rings. The lowest BCUT2D eigenvalue weighted by Crippen LogP contribution is -2.30. The van der Waals surface area contributed by atoms with Crippen LogP contribution in [0.25, 0.3) is 0 Å². The van der Waals surface area contributed by atoms with Crippen LogP contribution in [0.15, 0.2) is 0 Å². The fourth-order valence-corrected chi connectivity index (χ4v) is 2.04. The van der Waals surface area contributed by atoms with E-state index in [1.54, 1.807) is 0 Å². The fourth-order valence-electron chi connectivity index (χ4n) is 2.04. The molecule has 1 aliphatic heterocycles. The van der Waals surface area contributed by atoms with Gasteiger partial charge in [0.2, 0.25) is 0 Å². The molecule has 0 radical (unpaired) electrons. The summed E-state index contributed by atoms with van der Waals surface area (Å²) in [4.78, 5) is 12.0. The number of ether oxygens (including phenoxy) is 1. The summed E-state index contributed by atoms with van der Waals surface area (Å²) in [6.07, 6.45) is 3.27. The Balaban J connectivity index is 2.14. The molecule has 1 saturated heterocycles. The van der Waals surface area contributed by atoms with Crippen LogP contribution in [0.1, 0.15) is 62.3 Å². The van der Waals surface area contributed by atoms with Crippen molar-refractivity contribution in [2.24, 2.45) is 0 Å². The Labute approximate surface area is 106 Å². The van der Waals surface area contributed by atoms with Crippen molar-refractivity contribution in [3.8, 4) is 0 Å². The van der Waals surface area contributed by atoms with E-state index >= 15 is 0 Å². The second kappa shape index (κ2) is 5.06. The Morgan fingerprint density at radius 2 is 2.11 bits per heavy atom. The summed E-state index contributed by atoms with van der Waals surface area (Å²) < 4.78 is 5.32. The van der Waals surface area contributed by atoms with Crippen molar-refractivity contribution in [2.75, 3.05) is 6.54 Å². The molecule has 0 amide bonds. The predicted molar refractivity (Wildman–Crippen MR) is 66.1 cm³/mol. The van der Waals surface area contributed by atoms with Crippen molar-refractivity contribution in [3.63, 3.8) is 0 Å². The first kappa shape index (κ1) is 13.0. The molecule has 18 heavy (non-hydrogen) atoms. The van der Waals surface area contributed by atoms with Gasteiger partial charge in [0.05, 0.1) is 6.04 Å². The molecule has 1 aromatic heterocycles. The van der Waals surface area contributed by atoms with Crippen LogP contribution >= 0.6 is 0 Å². The van der Waals surface area contributed by atoms with Crippen molar-refractivity contribution < 1.29 is 9.53 Å². The maximum atomic E-state index is 12.0. The molecule has 2 heterocycles. The number of rotatable bonds is 2. The first-order valence-corrected chi connectivity index (χ1v) is 6.35. The van der Waals surface area contributed by atoms with Gasteiger partial charge in [-0.15, -0.1) is 5.10 Å². The van der Waals surface area contributed by atoms with Crippen LogP contribution in [-0.4, -0.2) is 33.5 Å². The zero-order valence-electron chi connectivity index (χ0n) is 11.1. The van der Waals surface area contributed by atoms with E-state index in [-0.39, 0.29) is 6.04 Å². The molecule has 0 bridgehead atoms. The second-order valence-electron chi connectivity index (χ2n) is 5.56. The molecule has 0 spiro atoms. The topological polar surface area (TPSA) is 79.9 Å². The van der Waals surface area contributed by atoms with Crippen LogP contribution in [0.4, 0.5) is 0 Å². The van der Waals surface area contributed by atoms with Gasteiger partial charge in [-0.25, -0.2) is 4.79 Å². The monoisotopic (exact) mass is 252 g/mol. The molecule has 1 aromatic rings. The maximum absolute atomic E-state index is 12.0. The Hall–Kier alpha value is -1.43. The van der Waals surface area contributed by atoms with Gasteiger partial charge in [-0.2, -0.15) is 10.3 Å². The average Bonchev–Trinajstić information content (AvgIpc) is 2.76. The zero-order chi connectivity index (χ0) is 13.2. The van der Waals surface area contributed by atoms with E-state index in [0.29, 0.717) is 11.4 Å². The number of carbonyl (C=O) groups is 1. The summed E-state index contributed by atoms with van der Waals surface area (Å²) in [6.45, 7) is 6.46. The number of nitrogens with zero attached hydrogens (tertiary/aromatic N) is 2. The molecular weight excluding hydrogens is 232 g/mol. The normalized spacial score (nSPS) is 20.7. The third-order valence-electron chi connectivity index (χ3n) is 2.81. The third-order valence-corrected chi connectivity index (χ3v) is 2.81.